The highest BCUT2D eigenvalue weighted by molar-refractivity contribution is 7.91. The lowest BCUT2D eigenvalue weighted by Gasteiger charge is -2.24. The Balaban J connectivity index is 2.25. The summed E-state index contributed by atoms with van der Waals surface area (Å²) >= 11 is 0.828. The van der Waals surface area contributed by atoms with Crippen LogP contribution in [-0.4, -0.2) is 63.1 Å². The van der Waals surface area contributed by atoms with Gasteiger partial charge in [-0.05, 0) is 11.5 Å². The van der Waals surface area contributed by atoms with E-state index in [0.717, 1.165) is 11.5 Å². The fourth-order valence-corrected chi connectivity index (χ4v) is 4.62. The Kier molecular flexibility index (Phi) is 4.51. The summed E-state index contributed by atoms with van der Waals surface area (Å²) in [6, 6.07) is 1.35. The first-order valence-electron chi connectivity index (χ1n) is 6.04. The van der Waals surface area contributed by atoms with E-state index >= 15 is 0 Å². The minimum absolute atomic E-state index is 0.0659. The molecule has 0 radical (unpaired) electrons. The standard InChI is InChI=1S/C11H16N2O6S2/c1-17-8-6-9(20-12-8)21(15,16)13-5-4-11(7-13,19-3)10(14)18-2/h6H,4-5,7H2,1-3H3. The Bertz CT molecular complexity index is 628. The number of carbonyl (C=O) groups is 1. The van der Waals surface area contributed by atoms with E-state index in [4.69, 9.17) is 14.2 Å². The van der Waals surface area contributed by atoms with Crippen molar-refractivity contribution in [3.8, 4) is 5.88 Å². The van der Waals surface area contributed by atoms with E-state index in [1.165, 1.54) is 31.7 Å². The van der Waals surface area contributed by atoms with Crippen LogP contribution in [0.3, 0.4) is 0 Å². The van der Waals surface area contributed by atoms with E-state index in [1.54, 1.807) is 0 Å². The highest BCUT2D eigenvalue weighted by Gasteiger charge is 2.50. The Labute approximate surface area is 126 Å². The zero-order chi connectivity index (χ0) is 15.7. The van der Waals surface area contributed by atoms with Gasteiger partial charge in [0.05, 0.1) is 20.8 Å². The predicted octanol–water partition coefficient (Wildman–Crippen LogP) is 0.104. The summed E-state index contributed by atoms with van der Waals surface area (Å²) in [4.78, 5) is 11.8. The molecule has 1 unspecified atom stereocenters. The van der Waals surface area contributed by atoms with E-state index in [1.807, 2.05) is 0 Å². The number of hydrogen-bond donors (Lipinski definition) is 0. The number of nitrogens with zero attached hydrogens (tertiary/aromatic N) is 2. The van der Waals surface area contributed by atoms with Crippen LogP contribution in [0.4, 0.5) is 0 Å². The summed E-state index contributed by atoms with van der Waals surface area (Å²) in [5, 5.41) is 0. The van der Waals surface area contributed by atoms with Crippen LogP contribution < -0.4 is 4.74 Å². The molecule has 0 spiro atoms. The van der Waals surface area contributed by atoms with Crippen molar-refractivity contribution in [3.63, 3.8) is 0 Å². The normalized spacial score (nSPS) is 23.2. The Morgan fingerprint density at radius 3 is 2.67 bits per heavy atom. The van der Waals surface area contributed by atoms with E-state index in [9.17, 15) is 13.2 Å². The highest BCUT2D eigenvalue weighted by Crippen LogP contribution is 2.32. The number of carbonyl (C=O) groups excluding carboxylic acids is 1. The van der Waals surface area contributed by atoms with Gasteiger partial charge in [-0.2, -0.15) is 8.68 Å². The van der Waals surface area contributed by atoms with Crippen LogP contribution in [0.15, 0.2) is 10.3 Å². The van der Waals surface area contributed by atoms with Crippen molar-refractivity contribution in [2.45, 2.75) is 16.2 Å². The van der Waals surface area contributed by atoms with Crippen LogP contribution in [0, 0.1) is 0 Å². The van der Waals surface area contributed by atoms with Crippen LogP contribution in [-0.2, 0) is 24.3 Å². The largest absolute Gasteiger partial charge is 0.480 e. The molecule has 10 heteroatoms. The number of hydrogen-bond acceptors (Lipinski definition) is 8. The lowest BCUT2D eigenvalue weighted by Crippen LogP contribution is -2.45. The molecule has 0 N–H and O–H groups in total. The van der Waals surface area contributed by atoms with Gasteiger partial charge in [-0.1, -0.05) is 0 Å². The molecule has 0 saturated carbocycles. The van der Waals surface area contributed by atoms with Gasteiger partial charge < -0.3 is 14.2 Å². The maximum atomic E-state index is 12.5. The van der Waals surface area contributed by atoms with Gasteiger partial charge in [0, 0.05) is 26.1 Å². The van der Waals surface area contributed by atoms with Gasteiger partial charge in [0.2, 0.25) is 5.88 Å². The topological polar surface area (TPSA) is 95.0 Å². The number of methoxy groups -OCH3 is 3. The van der Waals surface area contributed by atoms with E-state index in [-0.39, 0.29) is 29.6 Å². The molecule has 0 amide bonds. The van der Waals surface area contributed by atoms with E-state index in [0.29, 0.717) is 0 Å². The molecule has 1 atom stereocenters. The molecule has 1 aromatic heterocycles. The lowest BCUT2D eigenvalue weighted by molar-refractivity contribution is -0.164. The average molecular weight is 336 g/mol. The molecular formula is C11H16N2O6S2. The average Bonchev–Trinajstić information content (AvgIpc) is 3.14. The molecular weight excluding hydrogens is 320 g/mol. The molecule has 8 nitrogen and oxygen atoms in total. The predicted molar refractivity (Wildman–Crippen MR) is 73.8 cm³/mol. The molecule has 21 heavy (non-hydrogen) atoms. The highest BCUT2D eigenvalue weighted by atomic mass is 32.2. The third-order valence-corrected chi connectivity index (χ3v) is 6.46. The Morgan fingerprint density at radius 2 is 2.14 bits per heavy atom. The fraction of sp³-hybridized carbons (Fsp3) is 0.636. The van der Waals surface area contributed by atoms with Gasteiger partial charge in [0.1, 0.15) is 0 Å². The van der Waals surface area contributed by atoms with Gasteiger partial charge in [0.15, 0.2) is 9.81 Å². The summed E-state index contributed by atoms with van der Waals surface area (Å²) in [5.74, 6) is -0.340. The van der Waals surface area contributed by atoms with Crippen LogP contribution in [0.2, 0.25) is 0 Å². The van der Waals surface area contributed by atoms with Gasteiger partial charge in [-0.3, -0.25) is 0 Å². The minimum Gasteiger partial charge on any atom is -0.480 e. The molecule has 2 rings (SSSR count). The molecule has 1 aliphatic heterocycles. The quantitative estimate of drug-likeness (QED) is 0.704. The van der Waals surface area contributed by atoms with Crippen molar-refractivity contribution in [2.24, 2.45) is 0 Å². The summed E-state index contributed by atoms with van der Waals surface area (Å²) in [6.07, 6.45) is 0.241. The molecule has 0 aromatic carbocycles. The third-order valence-electron chi connectivity index (χ3n) is 3.42. The zero-order valence-electron chi connectivity index (χ0n) is 11.9. The van der Waals surface area contributed by atoms with E-state index < -0.39 is 21.6 Å². The first-order valence-corrected chi connectivity index (χ1v) is 8.25. The van der Waals surface area contributed by atoms with Gasteiger partial charge in [-0.15, -0.1) is 0 Å². The number of rotatable bonds is 5. The molecule has 1 saturated heterocycles. The van der Waals surface area contributed by atoms with Gasteiger partial charge in [-0.25, -0.2) is 13.2 Å². The SMILES string of the molecule is COC(=O)C1(OC)CCN(S(=O)(=O)c2cc(OC)ns2)C1. The second-order valence-corrected chi connectivity index (χ2v) is 7.44. The fourth-order valence-electron chi connectivity index (χ4n) is 2.14. The second kappa shape index (κ2) is 5.87. The minimum atomic E-state index is -3.73. The molecule has 0 bridgehead atoms. The summed E-state index contributed by atoms with van der Waals surface area (Å²) in [7, 11) is 0.290. The summed E-state index contributed by atoms with van der Waals surface area (Å²) in [5.41, 5.74) is -1.25. The Morgan fingerprint density at radius 1 is 1.43 bits per heavy atom. The molecule has 118 valence electrons. The Hall–Kier alpha value is -1.23. The van der Waals surface area contributed by atoms with Gasteiger partial charge in [0.25, 0.3) is 10.0 Å². The molecule has 1 fully saturated rings. The van der Waals surface area contributed by atoms with Crippen molar-refractivity contribution >= 4 is 27.5 Å². The number of aromatic nitrogens is 1. The van der Waals surface area contributed by atoms with Crippen LogP contribution in [0.1, 0.15) is 6.42 Å². The zero-order valence-corrected chi connectivity index (χ0v) is 13.5. The smallest absolute Gasteiger partial charge is 0.339 e. The molecule has 1 aliphatic rings. The van der Waals surface area contributed by atoms with Crippen molar-refractivity contribution in [3.05, 3.63) is 6.07 Å². The van der Waals surface area contributed by atoms with Gasteiger partial charge >= 0.3 is 5.97 Å². The van der Waals surface area contributed by atoms with Crippen LogP contribution >= 0.6 is 11.5 Å². The molecule has 2 heterocycles. The maximum absolute atomic E-state index is 12.5. The number of esters is 1. The second-order valence-electron chi connectivity index (χ2n) is 4.47. The number of sulfonamides is 1. The molecule has 1 aromatic rings. The maximum Gasteiger partial charge on any atom is 0.339 e. The summed E-state index contributed by atoms with van der Waals surface area (Å²) < 4.78 is 45.0. The van der Waals surface area contributed by atoms with E-state index in [2.05, 4.69) is 4.37 Å². The number of ether oxygens (including phenoxy) is 3. The first-order chi connectivity index (χ1) is 9.89. The van der Waals surface area contributed by atoms with Crippen molar-refractivity contribution < 1.29 is 27.4 Å². The third kappa shape index (κ3) is 2.76. The first kappa shape index (κ1) is 16.1. The summed E-state index contributed by atoms with van der Waals surface area (Å²) in [6.45, 7) is 0.0875. The monoisotopic (exact) mass is 336 g/mol. The van der Waals surface area contributed by atoms with Crippen molar-refractivity contribution in [1.29, 1.82) is 0 Å². The van der Waals surface area contributed by atoms with Crippen LogP contribution in [0.5, 0.6) is 5.88 Å². The van der Waals surface area contributed by atoms with Crippen LogP contribution in [0.25, 0.3) is 0 Å². The molecule has 0 aliphatic carbocycles. The lowest BCUT2D eigenvalue weighted by atomic mass is 10.0. The van der Waals surface area contributed by atoms with Crippen molar-refractivity contribution in [2.75, 3.05) is 34.4 Å². The van der Waals surface area contributed by atoms with Crippen molar-refractivity contribution in [1.82, 2.24) is 8.68 Å².